The molecule has 0 spiro atoms. The van der Waals surface area contributed by atoms with Crippen LogP contribution in [0.1, 0.15) is 16.8 Å². The van der Waals surface area contributed by atoms with E-state index in [4.69, 9.17) is 5.73 Å². The summed E-state index contributed by atoms with van der Waals surface area (Å²) in [6.07, 6.45) is 2.45. The standard InChI is InChI=1S/C11H21N5O/c1-14(2)6-5-7-15(3)11(17)9-8-13-16(4)10(9)12/h8H,5-7,12H2,1-4H3. The third-order valence-corrected chi connectivity index (χ3v) is 2.66. The fourth-order valence-corrected chi connectivity index (χ4v) is 1.54. The lowest BCUT2D eigenvalue weighted by molar-refractivity contribution is 0.0791. The highest BCUT2D eigenvalue weighted by atomic mass is 16.2. The number of carbonyl (C=O) groups is 1. The van der Waals surface area contributed by atoms with Crippen molar-refractivity contribution >= 4 is 11.7 Å². The highest BCUT2D eigenvalue weighted by Gasteiger charge is 2.17. The molecule has 0 radical (unpaired) electrons. The molecule has 6 heteroatoms. The third kappa shape index (κ3) is 3.45. The van der Waals surface area contributed by atoms with Gasteiger partial charge in [0.25, 0.3) is 5.91 Å². The Morgan fingerprint density at radius 1 is 1.41 bits per heavy atom. The number of hydrogen-bond donors (Lipinski definition) is 1. The van der Waals surface area contributed by atoms with E-state index in [9.17, 15) is 4.79 Å². The van der Waals surface area contributed by atoms with E-state index in [2.05, 4.69) is 10.00 Å². The average molecular weight is 239 g/mol. The number of hydrogen-bond acceptors (Lipinski definition) is 4. The SMILES string of the molecule is CN(C)CCCN(C)C(=O)c1cnn(C)c1N. The van der Waals surface area contributed by atoms with Crippen LogP contribution in [0.15, 0.2) is 6.20 Å². The molecule has 17 heavy (non-hydrogen) atoms. The number of nitrogens with two attached hydrogens (primary N) is 1. The van der Waals surface area contributed by atoms with Crippen molar-refractivity contribution < 1.29 is 4.79 Å². The van der Waals surface area contributed by atoms with Crippen molar-refractivity contribution in [3.8, 4) is 0 Å². The van der Waals surface area contributed by atoms with Crippen molar-refractivity contribution in [2.45, 2.75) is 6.42 Å². The molecule has 1 aromatic heterocycles. The minimum atomic E-state index is -0.0747. The summed E-state index contributed by atoms with van der Waals surface area (Å²) in [6.45, 7) is 1.67. The van der Waals surface area contributed by atoms with E-state index in [1.165, 1.54) is 10.9 Å². The maximum Gasteiger partial charge on any atom is 0.258 e. The zero-order valence-corrected chi connectivity index (χ0v) is 11.0. The second kappa shape index (κ2) is 5.67. The van der Waals surface area contributed by atoms with Crippen LogP contribution in [0.4, 0.5) is 5.82 Å². The molecule has 0 fully saturated rings. The zero-order chi connectivity index (χ0) is 13.0. The highest BCUT2D eigenvalue weighted by Crippen LogP contribution is 2.11. The fourth-order valence-electron chi connectivity index (χ4n) is 1.54. The van der Waals surface area contributed by atoms with Gasteiger partial charge in [0, 0.05) is 20.6 Å². The largest absolute Gasteiger partial charge is 0.383 e. The van der Waals surface area contributed by atoms with Gasteiger partial charge in [-0.3, -0.25) is 9.48 Å². The summed E-state index contributed by atoms with van der Waals surface area (Å²) >= 11 is 0. The Bertz CT molecular complexity index is 385. The molecule has 1 amide bonds. The van der Waals surface area contributed by atoms with Crippen LogP contribution in [0.25, 0.3) is 0 Å². The van der Waals surface area contributed by atoms with E-state index in [0.717, 1.165) is 13.0 Å². The molecule has 0 saturated carbocycles. The lowest BCUT2D eigenvalue weighted by Gasteiger charge is -2.18. The number of rotatable bonds is 5. The van der Waals surface area contributed by atoms with Crippen LogP contribution in [0.2, 0.25) is 0 Å². The summed E-state index contributed by atoms with van der Waals surface area (Å²) in [5.41, 5.74) is 6.24. The first kappa shape index (κ1) is 13.5. The van der Waals surface area contributed by atoms with Crippen molar-refractivity contribution in [1.82, 2.24) is 19.6 Å². The molecule has 2 N–H and O–H groups in total. The average Bonchev–Trinajstić information content (AvgIpc) is 2.58. The maximum absolute atomic E-state index is 12.0. The molecule has 6 nitrogen and oxygen atoms in total. The first-order chi connectivity index (χ1) is 7.93. The predicted octanol–water partition coefficient (Wildman–Crippen LogP) is 0.0260. The number of nitrogens with zero attached hydrogens (tertiary/aromatic N) is 4. The first-order valence-electron chi connectivity index (χ1n) is 5.61. The molecule has 0 unspecified atom stereocenters. The Kier molecular flexibility index (Phi) is 4.51. The summed E-state index contributed by atoms with van der Waals surface area (Å²) < 4.78 is 1.50. The van der Waals surface area contributed by atoms with Gasteiger partial charge in [-0.15, -0.1) is 0 Å². The summed E-state index contributed by atoms with van der Waals surface area (Å²) in [6, 6.07) is 0. The number of nitrogen functional groups attached to an aromatic ring is 1. The minimum Gasteiger partial charge on any atom is -0.383 e. The summed E-state index contributed by atoms with van der Waals surface area (Å²) in [5.74, 6) is 0.337. The van der Waals surface area contributed by atoms with Crippen molar-refractivity contribution in [3.63, 3.8) is 0 Å². The normalized spacial score (nSPS) is 10.9. The van der Waals surface area contributed by atoms with Crippen LogP contribution in [0, 0.1) is 0 Å². The van der Waals surface area contributed by atoms with Gasteiger partial charge >= 0.3 is 0 Å². The Hall–Kier alpha value is -1.56. The van der Waals surface area contributed by atoms with Crippen LogP contribution in [-0.2, 0) is 7.05 Å². The maximum atomic E-state index is 12.0. The van der Waals surface area contributed by atoms with Gasteiger partial charge in [0.2, 0.25) is 0 Å². The first-order valence-corrected chi connectivity index (χ1v) is 5.61. The van der Waals surface area contributed by atoms with Gasteiger partial charge in [0.05, 0.1) is 6.20 Å². The lowest BCUT2D eigenvalue weighted by Crippen LogP contribution is -2.30. The fraction of sp³-hybridized carbons (Fsp3) is 0.636. The smallest absolute Gasteiger partial charge is 0.258 e. The Morgan fingerprint density at radius 2 is 2.06 bits per heavy atom. The molecule has 1 heterocycles. The summed E-state index contributed by atoms with van der Waals surface area (Å²) in [4.78, 5) is 15.8. The van der Waals surface area contributed by atoms with Gasteiger partial charge in [-0.1, -0.05) is 0 Å². The van der Waals surface area contributed by atoms with Crippen molar-refractivity contribution in [3.05, 3.63) is 11.8 Å². The Morgan fingerprint density at radius 3 is 2.53 bits per heavy atom. The molecule has 0 aliphatic carbocycles. The van der Waals surface area contributed by atoms with E-state index in [-0.39, 0.29) is 5.91 Å². The monoisotopic (exact) mass is 239 g/mol. The van der Waals surface area contributed by atoms with Crippen LogP contribution in [-0.4, -0.2) is 59.7 Å². The number of aryl methyl sites for hydroxylation is 1. The van der Waals surface area contributed by atoms with Crippen LogP contribution in [0.3, 0.4) is 0 Å². The zero-order valence-electron chi connectivity index (χ0n) is 11.0. The number of aromatic nitrogens is 2. The number of amides is 1. The van der Waals surface area contributed by atoms with E-state index >= 15 is 0 Å². The predicted molar refractivity (Wildman–Crippen MR) is 67.8 cm³/mol. The minimum absolute atomic E-state index is 0.0747. The second-order valence-electron chi connectivity index (χ2n) is 4.45. The molecule has 0 saturated heterocycles. The van der Waals surface area contributed by atoms with Gasteiger partial charge in [-0.05, 0) is 27.1 Å². The van der Waals surface area contributed by atoms with Crippen molar-refractivity contribution in [2.24, 2.45) is 7.05 Å². The van der Waals surface area contributed by atoms with Crippen molar-refractivity contribution in [1.29, 1.82) is 0 Å². The third-order valence-electron chi connectivity index (χ3n) is 2.66. The Labute approximate surface area is 102 Å². The van der Waals surface area contributed by atoms with Gasteiger partial charge in [-0.2, -0.15) is 5.10 Å². The van der Waals surface area contributed by atoms with Gasteiger partial charge in [-0.25, -0.2) is 0 Å². The van der Waals surface area contributed by atoms with Crippen LogP contribution < -0.4 is 5.73 Å². The van der Waals surface area contributed by atoms with Gasteiger partial charge < -0.3 is 15.5 Å². The molecule has 0 aliphatic rings. The topological polar surface area (TPSA) is 67.4 Å². The molecular formula is C11H21N5O. The van der Waals surface area contributed by atoms with Crippen LogP contribution in [0.5, 0.6) is 0 Å². The summed E-state index contributed by atoms with van der Waals surface area (Å²) in [5, 5.41) is 3.96. The van der Waals surface area contributed by atoms with Gasteiger partial charge in [0.15, 0.2) is 0 Å². The highest BCUT2D eigenvalue weighted by molar-refractivity contribution is 5.98. The van der Waals surface area contributed by atoms with E-state index in [0.29, 0.717) is 17.9 Å². The lowest BCUT2D eigenvalue weighted by atomic mass is 10.2. The van der Waals surface area contributed by atoms with E-state index in [1.54, 1.807) is 19.0 Å². The molecule has 96 valence electrons. The molecule has 1 rings (SSSR count). The molecule has 0 aromatic carbocycles. The molecule has 0 atom stereocenters. The molecule has 0 aliphatic heterocycles. The molecule has 1 aromatic rings. The quantitative estimate of drug-likeness (QED) is 0.787. The number of anilines is 1. The van der Waals surface area contributed by atoms with Gasteiger partial charge in [0.1, 0.15) is 11.4 Å². The molecule has 0 bridgehead atoms. The number of carbonyl (C=O) groups excluding carboxylic acids is 1. The summed E-state index contributed by atoms with van der Waals surface area (Å²) in [7, 11) is 7.53. The van der Waals surface area contributed by atoms with E-state index in [1.807, 2.05) is 14.1 Å². The molecular weight excluding hydrogens is 218 g/mol. The Balaban J connectivity index is 2.55. The van der Waals surface area contributed by atoms with Crippen LogP contribution >= 0.6 is 0 Å². The van der Waals surface area contributed by atoms with Crippen molar-refractivity contribution in [2.75, 3.05) is 40.0 Å². The second-order valence-corrected chi connectivity index (χ2v) is 4.45. The van der Waals surface area contributed by atoms with E-state index < -0.39 is 0 Å².